The summed E-state index contributed by atoms with van der Waals surface area (Å²) >= 11 is 1.76. The Morgan fingerprint density at radius 2 is 1.72 bits per heavy atom. The molecular formula is C35H49N3O4S. The highest BCUT2D eigenvalue weighted by atomic mass is 32.2. The minimum absolute atomic E-state index is 0.00276. The summed E-state index contributed by atoms with van der Waals surface area (Å²) in [6, 6.07) is 9.21. The van der Waals surface area contributed by atoms with E-state index >= 15 is 0 Å². The van der Waals surface area contributed by atoms with E-state index in [1.54, 1.807) is 22.7 Å². The number of amides is 3. The van der Waals surface area contributed by atoms with Crippen molar-refractivity contribution < 1.29 is 19.5 Å². The Balaban J connectivity index is 1.52. The van der Waals surface area contributed by atoms with Gasteiger partial charge in [0.25, 0.3) is 0 Å². The van der Waals surface area contributed by atoms with E-state index in [0.717, 1.165) is 63.5 Å². The molecule has 1 N–H and O–H groups in total. The van der Waals surface area contributed by atoms with E-state index in [-0.39, 0.29) is 41.5 Å². The third-order valence-corrected chi connectivity index (χ3v) is 12.4. The maximum atomic E-state index is 14.9. The van der Waals surface area contributed by atoms with Crippen LogP contribution in [-0.2, 0) is 14.4 Å². The average Bonchev–Trinajstić information content (AvgIpc) is 3.62. The molecule has 2 bridgehead atoms. The summed E-state index contributed by atoms with van der Waals surface area (Å²) in [5.41, 5.74) is 0.801. The standard InChI is InChI=1S/C35H49N3O4S/c1-4-20-36(26-16-10-8-11-17-26)32(40)29-28-24-25(3)35(43-28)30(29)33(41)38(22-14-6-7-15-23-39)31(35)34(42)37(21-5-2)27-18-12-9-13-19-27/h4-5,8,10-11,16-17,25,27-31,39H,1-2,6-7,9,12-15,18-24H2,3H3/t25?,28-,29+,30+,31?,35?/m1/s1. The van der Waals surface area contributed by atoms with Crippen LogP contribution in [0.1, 0.15) is 71.1 Å². The fourth-order valence-corrected chi connectivity index (χ4v) is 10.8. The third kappa shape index (κ3) is 5.82. The first-order valence-corrected chi connectivity index (χ1v) is 17.3. The summed E-state index contributed by atoms with van der Waals surface area (Å²) in [5, 5.41) is 9.25. The second-order valence-electron chi connectivity index (χ2n) is 12.9. The van der Waals surface area contributed by atoms with E-state index in [9.17, 15) is 19.5 Å². The van der Waals surface area contributed by atoms with Gasteiger partial charge in [0.1, 0.15) is 6.04 Å². The number of hydrogen-bond acceptors (Lipinski definition) is 5. The molecule has 3 heterocycles. The Kier molecular flexibility index (Phi) is 10.4. The Bertz CT molecular complexity index is 1170. The van der Waals surface area contributed by atoms with Crippen molar-refractivity contribution >= 4 is 35.2 Å². The van der Waals surface area contributed by atoms with Gasteiger partial charge in [0.2, 0.25) is 17.7 Å². The predicted octanol–water partition coefficient (Wildman–Crippen LogP) is 5.44. The highest BCUT2D eigenvalue weighted by molar-refractivity contribution is 8.02. The lowest BCUT2D eigenvalue weighted by Crippen LogP contribution is -2.59. The van der Waals surface area contributed by atoms with Gasteiger partial charge in [0.05, 0.1) is 16.6 Å². The van der Waals surface area contributed by atoms with Crippen LogP contribution in [0.4, 0.5) is 5.69 Å². The summed E-state index contributed by atoms with van der Waals surface area (Å²) < 4.78 is -0.630. The number of carbonyl (C=O) groups excluding carboxylic acids is 3. The first-order valence-electron chi connectivity index (χ1n) is 16.4. The summed E-state index contributed by atoms with van der Waals surface area (Å²) in [5.74, 6) is -0.909. The van der Waals surface area contributed by atoms with Gasteiger partial charge in [-0.1, -0.05) is 69.4 Å². The topological polar surface area (TPSA) is 81.2 Å². The Labute approximate surface area is 261 Å². The first kappa shape index (κ1) is 31.8. The number of aliphatic hydroxyl groups is 1. The molecule has 43 heavy (non-hydrogen) atoms. The van der Waals surface area contributed by atoms with Gasteiger partial charge < -0.3 is 19.8 Å². The Morgan fingerprint density at radius 1 is 1.02 bits per heavy atom. The van der Waals surface area contributed by atoms with Gasteiger partial charge in [0, 0.05) is 43.2 Å². The van der Waals surface area contributed by atoms with Gasteiger partial charge >= 0.3 is 0 Å². The minimum atomic E-state index is -0.630. The molecule has 3 aliphatic heterocycles. The molecule has 5 rings (SSSR count). The molecule has 7 nitrogen and oxygen atoms in total. The number of aliphatic hydroxyl groups excluding tert-OH is 1. The van der Waals surface area contributed by atoms with Gasteiger partial charge in [-0.25, -0.2) is 0 Å². The van der Waals surface area contributed by atoms with Crippen molar-refractivity contribution in [2.75, 3.05) is 31.1 Å². The van der Waals surface area contributed by atoms with E-state index in [2.05, 4.69) is 20.1 Å². The van der Waals surface area contributed by atoms with Crippen molar-refractivity contribution in [3.8, 4) is 0 Å². The van der Waals surface area contributed by atoms with Crippen molar-refractivity contribution in [1.29, 1.82) is 0 Å². The molecule has 6 atom stereocenters. The maximum absolute atomic E-state index is 14.9. The highest BCUT2D eigenvalue weighted by Gasteiger charge is 2.76. The van der Waals surface area contributed by atoms with E-state index in [1.807, 2.05) is 46.2 Å². The SMILES string of the molecule is C=CCN(C(=O)[C@@H]1[C@H]2C(=O)N(CCCCCCO)C(C(=O)N(CC=C)C3CCCCC3)C23S[C@@H]1CC3C)c1ccccc1. The van der Waals surface area contributed by atoms with Crippen LogP contribution in [0.3, 0.4) is 0 Å². The Morgan fingerprint density at radius 3 is 2.40 bits per heavy atom. The fraction of sp³-hybridized carbons (Fsp3) is 0.629. The lowest BCUT2D eigenvalue weighted by molar-refractivity contribution is -0.144. The fourth-order valence-electron chi connectivity index (χ4n) is 8.42. The lowest BCUT2D eigenvalue weighted by Gasteiger charge is -2.43. The zero-order valence-corrected chi connectivity index (χ0v) is 26.6. The number of thioether (sulfide) groups is 1. The number of hydrogen-bond donors (Lipinski definition) is 1. The van der Waals surface area contributed by atoms with Crippen LogP contribution in [0.5, 0.6) is 0 Å². The van der Waals surface area contributed by atoms with Crippen LogP contribution in [0.25, 0.3) is 0 Å². The van der Waals surface area contributed by atoms with Gasteiger partial charge in [-0.2, -0.15) is 0 Å². The number of rotatable bonds is 14. The van der Waals surface area contributed by atoms with E-state index in [1.165, 1.54) is 6.42 Å². The number of para-hydroxylation sites is 1. The van der Waals surface area contributed by atoms with E-state index < -0.39 is 22.6 Å². The predicted molar refractivity (Wildman–Crippen MR) is 174 cm³/mol. The molecule has 3 amide bonds. The summed E-state index contributed by atoms with van der Waals surface area (Å²) in [4.78, 5) is 49.6. The number of anilines is 1. The number of benzene rings is 1. The zero-order chi connectivity index (χ0) is 30.6. The van der Waals surface area contributed by atoms with Crippen LogP contribution >= 0.6 is 11.8 Å². The monoisotopic (exact) mass is 607 g/mol. The lowest BCUT2D eigenvalue weighted by atomic mass is 9.65. The number of nitrogens with zero attached hydrogens (tertiary/aromatic N) is 3. The molecule has 3 saturated heterocycles. The van der Waals surface area contributed by atoms with Gasteiger partial charge in [0.15, 0.2) is 0 Å². The van der Waals surface area contributed by atoms with Crippen LogP contribution in [0, 0.1) is 17.8 Å². The summed E-state index contributed by atoms with van der Waals surface area (Å²) in [6.45, 7) is 11.6. The second kappa shape index (κ2) is 14.0. The molecule has 1 aromatic rings. The average molecular weight is 608 g/mol. The normalized spacial score (nSPS) is 29.9. The zero-order valence-electron chi connectivity index (χ0n) is 25.7. The maximum Gasteiger partial charge on any atom is 0.247 e. The van der Waals surface area contributed by atoms with E-state index in [0.29, 0.717) is 19.6 Å². The van der Waals surface area contributed by atoms with E-state index in [4.69, 9.17) is 0 Å². The van der Waals surface area contributed by atoms with Crippen molar-refractivity contribution in [1.82, 2.24) is 9.80 Å². The van der Waals surface area contributed by atoms with Gasteiger partial charge in [-0.15, -0.1) is 24.9 Å². The molecule has 4 fully saturated rings. The molecule has 0 aromatic heterocycles. The van der Waals surface area contributed by atoms with Crippen LogP contribution in [0.15, 0.2) is 55.6 Å². The van der Waals surface area contributed by atoms with Crippen LogP contribution in [0.2, 0.25) is 0 Å². The van der Waals surface area contributed by atoms with Gasteiger partial charge in [-0.3, -0.25) is 14.4 Å². The van der Waals surface area contributed by atoms with Crippen LogP contribution < -0.4 is 4.90 Å². The smallest absolute Gasteiger partial charge is 0.247 e. The minimum Gasteiger partial charge on any atom is -0.396 e. The molecule has 8 heteroatoms. The van der Waals surface area contributed by atoms with Crippen molar-refractivity contribution in [3.05, 3.63) is 55.6 Å². The molecule has 3 unspecified atom stereocenters. The number of carbonyl (C=O) groups is 3. The summed E-state index contributed by atoms with van der Waals surface area (Å²) in [6.07, 6.45) is 13.0. The molecular weight excluding hydrogens is 558 g/mol. The van der Waals surface area contributed by atoms with Crippen molar-refractivity contribution in [2.24, 2.45) is 17.8 Å². The molecule has 234 valence electrons. The third-order valence-electron chi connectivity index (χ3n) is 10.3. The highest BCUT2D eigenvalue weighted by Crippen LogP contribution is 2.69. The Hall–Kier alpha value is -2.58. The van der Waals surface area contributed by atoms with Crippen LogP contribution in [-0.4, -0.2) is 80.9 Å². The molecule has 1 spiro atoms. The molecule has 1 saturated carbocycles. The number of unbranched alkanes of at least 4 members (excludes halogenated alkanes) is 3. The first-order chi connectivity index (χ1) is 20.9. The molecule has 0 radical (unpaired) electrons. The molecule has 1 aromatic carbocycles. The summed E-state index contributed by atoms with van der Waals surface area (Å²) in [7, 11) is 0. The second-order valence-corrected chi connectivity index (χ2v) is 14.4. The number of fused-ring (bicyclic) bond motifs is 1. The van der Waals surface area contributed by atoms with Gasteiger partial charge in [-0.05, 0) is 50.2 Å². The largest absolute Gasteiger partial charge is 0.396 e. The number of likely N-dealkylation sites (tertiary alicyclic amines) is 1. The van der Waals surface area contributed by atoms with Crippen molar-refractivity contribution in [3.63, 3.8) is 0 Å². The molecule has 1 aliphatic carbocycles. The van der Waals surface area contributed by atoms with Crippen molar-refractivity contribution in [2.45, 2.75) is 93.2 Å². The quantitative estimate of drug-likeness (QED) is 0.225. The molecule has 4 aliphatic rings.